The van der Waals surface area contributed by atoms with Crippen LogP contribution in [0.2, 0.25) is 0 Å². The van der Waals surface area contributed by atoms with Crippen LogP contribution >= 0.6 is 24.2 Å². The molecule has 0 radical (unpaired) electrons. The molecule has 2 rings (SSSR count). The topological polar surface area (TPSA) is 68.0 Å². The fourth-order valence-electron chi connectivity index (χ4n) is 2.28. The highest BCUT2D eigenvalue weighted by atomic mass is 35.5. The maximum Gasteiger partial charge on any atom is 0.447 e. The molecule has 0 spiro atoms. The normalized spacial score (nSPS) is 21.8. The highest BCUT2D eigenvalue weighted by Gasteiger charge is 2.32. The van der Waals surface area contributed by atoms with Crippen LogP contribution in [-0.2, 0) is 0 Å². The number of amides is 1. The smallest absolute Gasteiger partial charge is 0.349 e. The number of nitrogens with two attached hydrogens (primary N) is 1. The Kier molecular flexibility index (Phi) is 6.96. The maximum absolute atomic E-state index is 12.5. The Morgan fingerprint density at radius 2 is 1.95 bits per heavy atom. The van der Waals surface area contributed by atoms with E-state index in [4.69, 9.17) is 5.73 Å². The van der Waals surface area contributed by atoms with Gasteiger partial charge in [0.05, 0.1) is 5.56 Å². The molecule has 1 amide bonds. The molecule has 124 valence electrons. The summed E-state index contributed by atoms with van der Waals surface area (Å²) >= 11 is -0.374. The average molecular weight is 356 g/mol. The lowest BCUT2D eigenvalue weighted by atomic mass is 9.92. The number of hydrogen-bond donors (Lipinski definition) is 2. The van der Waals surface area contributed by atoms with E-state index >= 15 is 0 Å². The van der Waals surface area contributed by atoms with Crippen LogP contribution in [0.1, 0.15) is 36.0 Å². The second kappa shape index (κ2) is 8.03. The average Bonchev–Trinajstić information content (AvgIpc) is 2.40. The Morgan fingerprint density at radius 1 is 1.32 bits per heavy atom. The zero-order valence-corrected chi connectivity index (χ0v) is 13.2. The number of rotatable bonds is 3. The first-order valence-electron chi connectivity index (χ1n) is 6.62. The summed E-state index contributed by atoms with van der Waals surface area (Å²) in [6, 6.07) is 2.91. The van der Waals surface area contributed by atoms with Crippen molar-refractivity contribution in [2.75, 3.05) is 0 Å². The van der Waals surface area contributed by atoms with Crippen LogP contribution in [0.15, 0.2) is 23.4 Å². The lowest BCUT2D eigenvalue weighted by Gasteiger charge is -2.27. The van der Waals surface area contributed by atoms with Gasteiger partial charge in [-0.05, 0) is 37.8 Å². The molecule has 0 unspecified atom stereocenters. The molecule has 1 aromatic heterocycles. The Balaban J connectivity index is 0.00000242. The van der Waals surface area contributed by atoms with Crippen LogP contribution < -0.4 is 11.1 Å². The van der Waals surface area contributed by atoms with Gasteiger partial charge < -0.3 is 11.1 Å². The van der Waals surface area contributed by atoms with Gasteiger partial charge >= 0.3 is 5.51 Å². The molecule has 0 atom stereocenters. The van der Waals surface area contributed by atoms with Crippen molar-refractivity contribution < 1.29 is 18.0 Å². The minimum Gasteiger partial charge on any atom is -0.349 e. The number of pyridine rings is 1. The molecule has 22 heavy (non-hydrogen) atoms. The third-order valence-corrected chi connectivity index (χ3v) is 4.09. The van der Waals surface area contributed by atoms with E-state index in [0.717, 1.165) is 25.7 Å². The SMILES string of the molecule is Cl.NC1CCC(NC(=O)c2cccnc2SC(F)(F)F)CC1. The van der Waals surface area contributed by atoms with Crippen molar-refractivity contribution in [1.82, 2.24) is 10.3 Å². The Bertz CT molecular complexity index is 508. The molecule has 1 aliphatic rings. The molecule has 0 saturated heterocycles. The third-order valence-electron chi connectivity index (χ3n) is 3.34. The van der Waals surface area contributed by atoms with E-state index in [-0.39, 0.29) is 46.8 Å². The van der Waals surface area contributed by atoms with Crippen molar-refractivity contribution in [2.45, 2.75) is 48.3 Å². The van der Waals surface area contributed by atoms with E-state index < -0.39 is 11.4 Å². The molecule has 4 nitrogen and oxygen atoms in total. The zero-order valence-electron chi connectivity index (χ0n) is 11.6. The number of aromatic nitrogens is 1. The fourth-order valence-corrected chi connectivity index (χ4v) is 2.88. The molecule has 1 saturated carbocycles. The van der Waals surface area contributed by atoms with Crippen molar-refractivity contribution in [2.24, 2.45) is 5.73 Å². The van der Waals surface area contributed by atoms with E-state index in [1.54, 1.807) is 0 Å². The number of nitrogens with zero attached hydrogens (tertiary/aromatic N) is 1. The molecule has 0 bridgehead atoms. The van der Waals surface area contributed by atoms with Crippen LogP contribution in [0.5, 0.6) is 0 Å². The first-order valence-corrected chi connectivity index (χ1v) is 7.44. The van der Waals surface area contributed by atoms with Crippen molar-refractivity contribution in [1.29, 1.82) is 0 Å². The molecule has 9 heteroatoms. The predicted octanol–water partition coefficient (Wildman–Crippen LogP) is 3.12. The minimum atomic E-state index is -4.47. The van der Waals surface area contributed by atoms with Gasteiger partial charge in [-0.15, -0.1) is 12.4 Å². The second-order valence-corrected chi connectivity index (χ2v) is 6.04. The third kappa shape index (κ3) is 5.66. The van der Waals surface area contributed by atoms with Gasteiger partial charge in [-0.1, -0.05) is 0 Å². The number of hydrogen-bond acceptors (Lipinski definition) is 4. The van der Waals surface area contributed by atoms with Crippen molar-refractivity contribution >= 4 is 30.1 Å². The second-order valence-electron chi connectivity index (χ2n) is 4.99. The molecule has 1 aromatic rings. The summed E-state index contributed by atoms with van der Waals surface area (Å²) in [6.45, 7) is 0. The van der Waals surface area contributed by atoms with Crippen LogP contribution in [0.3, 0.4) is 0 Å². The van der Waals surface area contributed by atoms with Crippen LogP contribution in [-0.4, -0.2) is 28.5 Å². The minimum absolute atomic E-state index is 0. The van der Waals surface area contributed by atoms with Crippen LogP contribution in [0.25, 0.3) is 0 Å². The summed E-state index contributed by atoms with van der Waals surface area (Å²) in [5, 5.41) is 2.44. The van der Waals surface area contributed by atoms with E-state index in [1.165, 1.54) is 18.3 Å². The Hall–Kier alpha value is -0.990. The van der Waals surface area contributed by atoms with Crippen LogP contribution in [0.4, 0.5) is 13.2 Å². The molecule has 0 aliphatic heterocycles. The zero-order chi connectivity index (χ0) is 15.5. The number of nitrogens with one attached hydrogen (secondary N) is 1. The quantitative estimate of drug-likeness (QED) is 0.817. The first kappa shape index (κ1) is 19.1. The summed E-state index contributed by atoms with van der Waals surface area (Å²) in [4.78, 5) is 15.8. The van der Waals surface area contributed by atoms with Gasteiger partial charge in [-0.2, -0.15) is 13.2 Å². The molecule has 1 aliphatic carbocycles. The number of alkyl halides is 3. The highest BCUT2D eigenvalue weighted by molar-refractivity contribution is 8.00. The van der Waals surface area contributed by atoms with Gasteiger partial charge in [0.1, 0.15) is 5.03 Å². The Morgan fingerprint density at radius 3 is 2.55 bits per heavy atom. The van der Waals surface area contributed by atoms with Gasteiger partial charge in [-0.25, -0.2) is 4.98 Å². The lowest BCUT2D eigenvalue weighted by molar-refractivity contribution is -0.0329. The summed E-state index contributed by atoms with van der Waals surface area (Å²) in [5.41, 5.74) is 1.26. The predicted molar refractivity (Wildman–Crippen MR) is 81.1 cm³/mol. The number of thioether (sulfide) groups is 1. The van der Waals surface area contributed by atoms with Gasteiger partial charge in [0.15, 0.2) is 0 Å². The molecule has 0 aromatic carbocycles. The summed E-state index contributed by atoms with van der Waals surface area (Å²) in [6.07, 6.45) is 4.35. The van der Waals surface area contributed by atoms with Gasteiger partial charge in [0, 0.05) is 30.0 Å². The summed E-state index contributed by atoms with van der Waals surface area (Å²) < 4.78 is 37.4. The molecular formula is C13H17ClF3N3OS. The molecule has 3 N–H and O–H groups in total. The van der Waals surface area contributed by atoms with Crippen molar-refractivity contribution in [3.05, 3.63) is 23.9 Å². The van der Waals surface area contributed by atoms with Gasteiger partial charge in [0.2, 0.25) is 0 Å². The highest BCUT2D eigenvalue weighted by Crippen LogP contribution is 2.37. The van der Waals surface area contributed by atoms with Crippen LogP contribution in [0, 0.1) is 0 Å². The standard InChI is InChI=1S/C13H16F3N3OS.ClH/c14-13(15,16)21-12-10(2-1-7-18-12)11(20)19-9-5-3-8(17)4-6-9;/h1-2,7-9H,3-6,17H2,(H,19,20);1H. The fraction of sp³-hybridized carbons (Fsp3) is 0.538. The molecular weight excluding hydrogens is 339 g/mol. The molecule has 1 heterocycles. The molecule has 1 fully saturated rings. The summed E-state index contributed by atoms with van der Waals surface area (Å²) in [5.74, 6) is -0.518. The largest absolute Gasteiger partial charge is 0.447 e. The number of halogens is 4. The van der Waals surface area contributed by atoms with E-state index in [9.17, 15) is 18.0 Å². The van der Waals surface area contributed by atoms with E-state index in [0.29, 0.717) is 0 Å². The number of carbonyl (C=O) groups excluding carboxylic acids is 1. The lowest BCUT2D eigenvalue weighted by Crippen LogP contribution is -2.40. The monoisotopic (exact) mass is 355 g/mol. The van der Waals surface area contributed by atoms with Gasteiger partial charge in [0.25, 0.3) is 5.91 Å². The number of carbonyl (C=O) groups is 1. The Labute approximate surface area is 136 Å². The summed E-state index contributed by atoms with van der Waals surface area (Å²) in [7, 11) is 0. The first-order chi connectivity index (χ1) is 9.85. The van der Waals surface area contributed by atoms with Gasteiger partial charge in [-0.3, -0.25) is 4.79 Å². The van der Waals surface area contributed by atoms with E-state index in [2.05, 4.69) is 10.3 Å². The van der Waals surface area contributed by atoms with Crippen molar-refractivity contribution in [3.63, 3.8) is 0 Å². The van der Waals surface area contributed by atoms with Crippen molar-refractivity contribution in [3.8, 4) is 0 Å². The van der Waals surface area contributed by atoms with E-state index in [1.807, 2.05) is 0 Å². The maximum atomic E-state index is 12.5.